The lowest BCUT2D eigenvalue weighted by Gasteiger charge is -2.19. The summed E-state index contributed by atoms with van der Waals surface area (Å²) in [5, 5.41) is 0. The van der Waals surface area contributed by atoms with Crippen LogP contribution in [-0.2, 0) is 13.0 Å². The number of nitrogens with two attached hydrogens (primary N) is 1. The number of hydrogen-bond acceptors (Lipinski definition) is 2. The Labute approximate surface area is 116 Å². The van der Waals surface area contributed by atoms with Crippen LogP contribution >= 0.6 is 15.9 Å². The van der Waals surface area contributed by atoms with Gasteiger partial charge in [-0.15, -0.1) is 0 Å². The largest absolute Gasteiger partial charge is 0.398 e. The van der Waals surface area contributed by atoms with Gasteiger partial charge in [-0.25, -0.2) is 0 Å². The number of fused-ring (bicyclic) bond motifs is 1. The van der Waals surface area contributed by atoms with Crippen molar-refractivity contribution in [1.82, 2.24) is 0 Å². The van der Waals surface area contributed by atoms with Gasteiger partial charge in [-0.1, -0.05) is 34.1 Å². The van der Waals surface area contributed by atoms with Crippen LogP contribution in [0.4, 0.5) is 11.4 Å². The van der Waals surface area contributed by atoms with Crippen molar-refractivity contribution < 1.29 is 0 Å². The van der Waals surface area contributed by atoms with Crippen molar-refractivity contribution in [1.29, 1.82) is 0 Å². The van der Waals surface area contributed by atoms with Crippen LogP contribution in [-0.4, -0.2) is 6.54 Å². The molecule has 1 aliphatic rings. The number of halogens is 1. The molecular weight excluding hydrogens is 288 g/mol. The molecule has 2 N–H and O–H groups in total. The van der Waals surface area contributed by atoms with Crippen LogP contribution in [0, 0.1) is 0 Å². The van der Waals surface area contributed by atoms with Gasteiger partial charge in [0.25, 0.3) is 0 Å². The lowest BCUT2D eigenvalue weighted by atomic mass is 10.1. The van der Waals surface area contributed by atoms with E-state index in [-0.39, 0.29) is 0 Å². The van der Waals surface area contributed by atoms with Crippen molar-refractivity contribution in [3.63, 3.8) is 0 Å². The molecule has 0 aliphatic carbocycles. The Bertz CT molecular complexity index is 563. The second-order valence-corrected chi connectivity index (χ2v) is 5.56. The van der Waals surface area contributed by atoms with Crippen LogP contribution in [0.1, 0.15) is 11.1 Å². The van der Waals surface area contributed by atoms with Crippen LogP contribution in [0.15, 0.2) is 46.9 Å². The number of benzene rings is 2. The molecule has 0 spiro atoms. The number of rotatable bonds is 2. The van der Waals surface area contributed by atoms with Crippen molar-refractivity contribution in [3.05, 3.63) is 58.1 Å². The van der Waals surface area contributed by atoms with Gasteiger partial charge in [0.1, 0.15) is 0 Å². The van der Waals surface area contributed by atoms with E-state index in [0.29, 0.717) is 0 Å². The average molecular weight is 303 g/mol. The van der Waals surface area contributed by atoms with E-state index in [9.17, 15) is 0 Å². The summed E-state index contributed by atoms with van der Waals surface area (Å²) in [5.41, 5.74) is 10.9. The van der Waals surface area contributed by atoms with Gasteiger partial charge in [0.15, 0.2) is 0 Å². The van der Waals surface area contributed by atoms with Gasteiger partial charge < -0.3 is 10.6 Å². The van der Waals surface area contributed by atoms with Gasteiger partial charge >= 0.3 is 0 Å². The van der Waals surface area contributed by atoms with Crippen LogP contribution in [0.25, 0.3) is 0 Å². The minimum absolute atomic E-state index is 0.922. The van der Waals surface area contributed by atoms with E-state index in [4.69, 9.17) is 5.73 Å². The highest BCUT2D eigenvalue weighted by Crippen LogP contribution is 2.33. The standard InChI is InChI=1S/C15H15BrN2/c16-12-6-4-11(5-7-12)10-18-9-8-13-14(17)2-1-3-15(13)18/h1-7H,8-10,17H2. The molecule has 0 atom stereocenters. The van der Waals surface area contributed by atoms with E-state index in [1.165, 1.54) is 16.8 Å². The van der Waals surface area contributed by atoms with Gasteiger partial charge in [0.2, 0.25) is 0 Å². The zero-order valence-corrected chi connectivity index (χ0v) is 11.7. The fourth-order valence-corrected chi connectivity index (χ4v) is 2.77. The maximum atomic E-state index is 6.01. The molecule has 1 aliphatic heterocycles. The lowest BCUT2D eigenvalue weighted by molar-refractivity contribution is 0.836. The first-order valence-corrected chi connectivity index (χ1v) is 6.90. The zero-order chi connectivity index (χ0) is 12.5. The first-order chi connectivity index (χ1) is 8.74. The summed E-state index contributed by atoms with van der Waals surface area (Å²) in [6.07, 6.45) is 1.05. The summed E-state index contributed by atoms with van der Waals surface area (Å²) in [6.45, 7) is 2.00. The molecule has 3 heteroatoms. The topological polar surface area (TPSA) is 29.3 Å². The molecule has 18 heavy (non-hydrogen) atoms. The summed E-state index contributed by atoms with van der Waals surface area (Å²) in [6, 6.07) is 14.7. The summed E-state index contributed by atoms with van der Waals surface area (Å²) in [4.78, 5) is 2.40. The summed E-state index contributed by atoms with van der Waals surface area (Å²) in [5.74, 6) is 0. The fraction of sp³-hybridized carbons (Fsp3) is 0.200. The number of nitrogen functional groups attached to an aromatic ring is 1. The Kier molecular flexibility index (Phi) is 3.00. The maximum Gasteiger partial charge on any atom is 0.0429 e. The normalized spacial score (nSPS) is 13.7. The number of nitrogens with zero attached hydrogens (tertiary/aromatic N) is 1. The molecule has 2 nitrogen and oxygen atoms in total. The van der Waals surface area contributed by atoms with E-state index in [0.717, 1.165) is 29.7 Å². The second-order valence-electron chi connectivity index (χ2n) is 4.64. The average Bonchev–Trinajstić information content (AvgIpc) is 2.77. The molecular formula is C15H15BrN2. The van der Waals surface area contributed by atoms with Crippen LogP contribution < -0.4 is 10.6 Å². The highest BCUT2D eigenvalue weighted by molar-refractivity contribution is 9.10. The van der Waals surface area contributed by atoms with Gasteiger partial charge in [0.05, 0.1) is 0 Å². The SMILES string of the molecule is Nc1cccc2c1CCN2Cc1ccc(Br)cc1. The minimum Gasteiger partial charge on any atom is -0.398 e. The first-order valence-electron chi connectivity index (χ1n) is 6.11. The molecule has 1 heterocycles. The highest BCUT2D eigenvalue weighted by atomic mass is 79.9. The van der Waals surface area contributed by atoms with Crippen molar-refractivity contribution in [2.75, 3.05) is 17.2 Å². The quantitative estimate of drug-likeness (QED) is 0.859. The highest BCUT2D eigenvalue weighted by Gasteiger charge is 2.20. The molecule has 0 radical (unpaired) electrons. The molecule has 0 fully saturated rings. The van der Waals surface area contributed by atoms with E-state index < -0.39 is 0 Å². The van der Waals surface area contributed by atoms with Crippen molar-refractivity contribution in [2.24, 2.45) is 0 Å². The third-order valence-corrected chi connectivity index (χ3v) is 3.98. The molecule has 2 aromatic carbocycles. The summed E-state index contributed by atoms with van der Waals surface area (Å²) >= 11 is 3.46. The molecule has 2 aromatic rings. The second kappa shape index (κ2) is 4.65. The lowest BCUT2D eigenvalue weighted by Crippen LogP contribution is -2.19. The van der Waals surface area contributed by atoms with E-state index in [1.807, 2.05) is 12.1 Å². The molecule has 0 saturated carbocycles. The Balaban J connectivity index is 1.85. The van der Waals surface area contributed by atoms with Crippen molar-refractivity contribution >= 4 is 27.3 Å². The van der Waals surface area contributed by atoms with Gasteiger partial charge in [-0.3, -0.25) is 0 Å². The number of anilines is 2. The smallest absolute Gasteiger partial charge is 0.0429 e. The predicted molar refractivity (Wildman–Crippen MR) is 79.8 cm³/mol. The van der Waals surface area contributed by atoms with Gasteiger partial charge in [0, 0.05) is 34.5 Å². The van der Waals surface area contributed by atoms with Crippen molar-refractivity contribution in [2.45, 2.75) is 13.0 Å². The van der Waals surface area contributed by atoms with Crippen LogP contribution in [0.3, 0.4) is 0 Å². The Hall–Kier alpha value is -1.48. The molecule has 92 valence electrons. The summed E-state index contributed by atoms with van der Waals surface area (Å²) in [7, 11) is 0. The van der Waals surface area contributed by atoms with E-state index in [1.54, 1.807) is 0 Å². The zero-order valence-electron chi connectivity index (χ0n) is 10.1. The Morgan fingerprint density at radius 1 is 1.11 bits per heavy atom. The molecule has 0 bridgehead atoms. The Morgan fingerprint density at radius 2 is 1.89 bits per heavy atom. The summed E-state index contributed by atoms with van der Waals surface area (Å²) < 4.78 is 1.12. The molecule has 3 rings (SSSR count). The van der Waals surface area contributed by atoms with Gasteiger partial charge in [-0.05, 0) is 36.2 Å². The fourth-order valence-electron chi connectivity index (χ4n) is 2.50. The maximum absolute atomic E-state index is 6.01. The monoisotopic (exact) mass is 302 g/mol. The third-order valence-electron chi connectivity index (χ3n) is 3.45. The van der Waals surface area contributed by atoms with Crippen LogP contribution in [0.5, 0.6) is 0 Å². The van der Waals surface area contributed by atoms with Crippen LogP contribution in [0.2, 0.25) is 0 Å². The molecule has 0 saturated heterocycles. The molecule has 0 amide bonds. The van der Waals surface area contributed by atoms with Gasteiger partial charge in [-0.2, -0.15) is 0 Å². The molecule has 0 aromatic heterocycles. The van der Waals surface area contributed by atoms with Crippen molar-refractivity contribution in [3.8, 4) is 0 Å². The number of hydrogen-bond donors (Lipinski definition) is 1. The third kappa shape index (κ3) is 2.10. The van der Waals surface area contributed by atoms with E-state index >= 15 is 0 Å². The molecule has 0 unspecified atom stereocenters. The van der Waals surface area contributed by atoms with E-state index in [2.05, 4.69) is 51.2 Å². The predicted octanol–water partition coefficient (Wildman–Crippen LogP) is 3.59. The minimum atomic E-state index is 0.922. The first kappa shape index (κ1) is 11.6. The Morgan fingerprint density at radius 3 is 2.67 bits per heavy atom.